The van der Waals surface area contributed by atoms with Crippen molar-refractivity contribution >= 4 is 5.97 Å². The van der Waals surface area contributed by atoms with Crippen LogP contribution in [0, 0.1) is 0 Å². The van der Waals surface area contributed by atoms with Crippen molar-refractivity contribution in [3.63, 3.8) is 0 Å². The van der Waals surface area contributed by atoms with Gasteiger partial charge < -0.3 is 19.5 Å². The Morgan fingerprint density at radius 3 is 2.67 bits per heavy atom. The molecule has 0 bridgehead atoms. The number of aliphatic carboxylic acids is 1. The first-order chi connectivity index (χ1) is 7.16. The Morgan fingerprint density at radius 2 is 2.20 bits per heavy atom. The van der Waals surface area contributed by atoms with Crippen molar-refractivity contribution in [3.05, 3.63) is 18.7 Å². The van der Waals surface area contributed by atoms with E-state index in [9.17, 15) is 0 Å². The monoisotopic (exact) mass is 216 g/mol. The van der Waals surface area contributed by atoms with Crippen molar-refractivity contribution in [2.75, 3.05) is 19.8 Å². The van der Waals surface area contributed by atoms with Crippen molar-refractivity contribution in [3.8, 4) is 0 Å². The molecule has 0 saturated heterocycles. The Balaban J connectivity index is 0.000000423. The first kappa shape index (κ1) is 13.6. The van der Waals surface area contributed by atoms with Gasteiger partial charge in [0, 0.05) is 25.9 Å². The van der Waals surface area contributed by atoms with E-state index in [1.54, 1.807) is 12.5 Å². The van der Waals surface area contributed by atoms with Crippen LogP contribution >= 0.6 is 0 Å². The number of rotatable bonds is 5. The lowest BCUT2D eigenvalue weighted by Crippen LogP contribution is -2.06. The smallest absolute Gasteiger partial charge is 0.300 e. The molecule has 0 atom stereocenters. The Kier molecular flexibility index (Phi) is 8.31. The van der Waals surface area contributed by atoms with Crippen molar-refractivity contribution in [1.82, 2.24) is 9.55 Å². The number of carboxylic acids is 1. The third kappa shape index (κ3) is 10.5. The molecule has 6 nitrogen and oxygen atoms in total. The van der Waals surface area contributed by atoms with E-state index in [1.807, 2.05) is 10.8 Å². The number of nitrogens with zero attached hydrogens (tertiary/aromatic N) is 2. The summed E-state index contributed by atoms with van der Waals surface area (Å²) in [6.07, 6.45) is 5.34. The van der Waals surface area contributed by atoms with E-state index in [2.05, 4.69) is 4.98 Å². The second-order valence-corrected chi connectivity index (χ2v) is 2.66. The van der Waals surface area contributed by atoms with E-state index in [0.717, 1.165) is 13.5 Å². The normalized spacial score (nSPS) is 9.20. The van der Waals surface area contributed by atoms with Crippen LogP contribution in [0.4, 0.5) is 0 Å². The van der Waals surface area contributed by atoms with E-state index in [-0.39, 0.29) is 6.61 Å². The number of hydrogen-bond acceptors (Lipinski definition) is 4. The molecule has 0 amide bonds. The van der Waals surface area contributed by atoms with Gasteiger partial charge in [0.15, 0.2) is 0 Å². The molecule has 0 unspecified atom stereocenters. The Morgan fingerprint density at radius 1 is 1.53 bits per heavy atom. The molecule has 0 saturated carbocycles. The maximum atomic E-state index is 9.00. The maximum Gasteiger partial charge on any atom is 0.300 e. The highest BCUT2D eigenvalue weighted by atomic mass is 16.5. The Hall–Kier alpha value is -1.40. The fraction of sp³-hybridized carbons (Fsp3) is 0.556. The number of aromatic nitrogens is 2. The van der Waals surface area contributed by atoms with E-state index < -0.39 is 5.97 Å². The lowest BCUT2D eigenvalue weighted by Gasteiger charge is -2.01. The van der Waals surface area contributed by atoms with Crippen LogP contribution in [-0.2, 0) is 16.1 Å². The molecule has 1 heterocycles. The number of carbonyl (C=O) groups is 1. The predicted octanol–water partition coefficient (Wildman–Crippen LogP) is -0.0171. The van der Waals surface area contributed by atoms with Crippen molar-refractivity contribution in [1.29, 1.82) is 0 Å². The first-order valence-electron chi connectivity index (χ1n) is 4.50. The molecule has 1 aromatic heterocycles. The van der Waals surface area contributed by atoms with Crippen LogP contribution in [0.5, 0.6) is 0 Å². The minimum absolute atomic E-state index is 0.0872. The number of hydrogen-bond donors (Lipinski definition) is 2. The van der Waals surface area contributed by atoms with Gasteiger partial charge in [-0.2, -0.15) is 0 Å². The zero-order valence-electron chi connectivity index (χ0n) is 8.67. The van der Waals surface area contributed by atoms with E-state index in [1.165, 1.54) is 0 Å². The van der Waals surface area contributed by atoms with Gasteiger partial charge in [0.2, 0.25) is 0 Å². The number of ether oxygens (including phenoxy) is 1. The largest absolute Gasteiger partial charge is 0.481 e. The van der Waals surface area contributed by atoms with Crippen LogP contribution < -0.4 is 0 Å². The molecule has 6 heteroatoms. The summed E-state index contributed by atoms with van der Waals surface area (Å²) in [6, 6.07) is 0. The zero-order chi connectivity index (χ0) is 11.5. The summed E-state index contributed by atoms with van der Waals surface area (Å²) < 4.78 is 6.99. The van der Waals surface area contributed by atoms with Gasteiger partial charge in [-0.1, -0.05) is 0 Å². The third-order valence-electron chi connectivity index (χ3n) is 1.29. The SMILES string of the molecule is CC(=O)O.OCCOCCn1ccnc1. The quantitative estimate of drug-likeness (QED) is 0.676. The van der Waals surface area contributed by atoms with Gasteiger partial charge in [-0.25, -0.2) is 4.98 Å². The number of carboxylic acid groups (broad SMARTS) is 1. The van der Waals surface area contributed by atoms with Gasteiger partial charge in [-0.15, -0.1) is 0 Å². The molecule has 15 heavy (non-hydrogen) atoms. The average Bonchev–Trinajstić information content (AvgIpc) is 2.64. The summed E-state index contributed by atoms with van der Waals surface area (Å²) in [7, 11) is 0. The first-order valence-corrected chi connectivity index (χ1v) is 4.50. The topological polar surface area (TPSA) is 84.6 Å². The number of aliphatic hydroxyl groups excluding tert-OH is 1. The summed E-state index contributed by atoms with van der Waals surface area (Å²) in [5.41, 5.74) is 0. The summed E-state index contributed by atoms with van der Waals surface area (Å²) in [5, 5.41) is 15.8. The molecule has 0 aliphatic rings. The summed E-state index contributed by atoms with van der Waals surface area (Å²) >= 11 is 0. The summed E-state index contributed by atoms with van der Waals surface area (Å²) in [6.45, 7) is 3.00. The molecule has 0 radical (unpaired) electrons. The highest BCUT2D eigenvalue weighted by Crippen LogP contribution is 1.85. The molecule has 0 aliphatic heterocycles. The molecular formula is C9H16N2O4. The Labute approximate surface area is 88.1 Å². The highest BCUT2D eigenvalue weighted by Gasteiger charge is 1.88. The molecule has 1 rings (SSSR count). The van der Waals surface area contributed by atoms with E-state index in [0.29, 0.717) is 13.2 Å². The maximum absolute atomic E-state index is 9.00. The molecular weight excluding hydrogens is 200 g/mol. The van der Waals surface area contributed by atoms with Gasteiger partial charge in [0.25, 0.3) is 5.97 Å². The zero-order valence-corrected chi connectivity index (χ0v) is 8.67. The molecule has 86 valence electrons. The molecule has 0 fully saturated rings. The number of imidazole rings is 1. The van der Waals surface area contributed by atoms with Gasteiger partial charge in [0.05, 0.1) is 26.1 Å². The second-order valence-electron chi connectivity index (χ2n) is 2.66. The second kappa shape index (κ2) is 9.17. The fourth-order valence-electron chi connectivity index (χ4n) is 0.756. The van der Waals surface area contributed by atoms with Crippen LogP contribution in [0.25, 0.3) is 0 Å². The van der Waals surface area contributed by atoms with Crippen LogP contribution in [0.3, 0.4) is 0 Å². The molecule has 0 spiro atoms. The van der Waals surface area contributed by atoms with E-state index >= 15 is 0 Å². The predicted molar refractivity (Wildman–Crippen MR) is 53.4 cm³/mol. The minimum atomic E-state index is -0.833. The molecule has 1 aromatic rings. The lowest BCUT2D eigenvalue weighted by atomic mass is 10.6. The van der Waals surface area contributed by atoms with Gasteiger partial charge in [-0.05, 0) is 0 Å². The minimum Gasteiger partial charge on any atom is -0.481 e. The lowest BCUT2D eigenvalue weighted by molar-refractivity contribution is -0.134. The van der Waals surface area contributed by atoms with E-state index in [4.69, 9.17) is 19.7 Å². The van der Waals surface area contributed by atoms with Gasteiger partial charge >= 0.3 is 0 Å². The average molecular weight is 216 g/mol. The van der Waals surface area contributed by atoms with Crippen LogP contribution in [0.2, 0.25) is 0 Å². The molecule has 0 aliphatic carbocycles. The highest BCUT2D eigenvalue weighted by molar-refractivity contribution is 5.62. The van der Waals surface area contributed by atoms with Crippen LogP contribution in [0.15, 0.2) is 18.7 Å². The summed E-state index contributed by atoms with van der Waals surface area (Å²) in [4.78, 5) is 12.9. The number of aliphatic hydroxyl groups is 1. The van der Waals surface area contributed by atoms with Crippen molar-refractivity contribution in [2.45, 2.75) is 13.5 Å². The molecule has 0 aromatic carbocycles. The van der Waals surface area contributed by atoms with Crippen molar-refractivity contribution < 1.29 is 19.7 Å². The van der Waals surface area contributed by atoms with Gasteiger partial charge in [0.1, 0.15) is 0 Å². The van der Waals surface area contributed by atoms with Crippen LogP contribution in [-0.4, -0.2) is 45.6 Å². The fourth-order valence-corrected chi connectivity index (χ4v) is 0.756. The van der Waals surface area contributed by atoms with Gasteiger partial charge in [-0.3, -0.25) is 4.79 Å². The Bertz CT molecular complexity index is 245. The van der Waals surface area contributed by atoms with Crippen molar-refractivity contribution in [2.24, 2.45) is 0 Å². The third-order valence-corrected chi connectivity index (χ3v) is 1.29. The summed E-state index contributed by atoms with van der Waals surface area (Å²) in [5.74, 6) is -0.833. The standard InChI is InChI=1S/C7H12N2O2.C2H4O2/c10-4-6-11-5-3-9-2-1-8-7-9;1-2(3)4/h1-2,7,10H,3-6H2;1H3,(H,3,4). The van der Waals surface area contributed by atoms with Crippen LogP contribution in [0.1, 0.15) is 6.92 Å². The molecule has 2 N–H and O–H groups in total.